The number of aromatic nitrogens is 2. The van der Waals surface area contributed by atoms with E-state index in [0.29, 0.717) is 30.0 Å². The van der Waals surface area contributed by atoms with Gasteiger partial charge >= 0.3 is 12.3 Å². The Labute approximate surface area is 213 Å². The lowest BCUT2D eigenvalue weighted by atomic mass is 10.2. The van der Waals surface area contributed by atoms with Crippen LogP contribution in [0, 0.1) is 23.2 Å². The molecule has 1 fully saturated rings. The molecule has 0 bridgehead atoms. The predicted octanol–water partition coefficient (Wildman–Crippen LogP) is 4.33. The maximum atomic E-state index is 13.0. The number of nitriles is 1. The molecule has 198 valence electrons. The van der Waals surface area contributed by atoms with Gasteiger partial charge in [0.15, 0.2) is 5.69 Å². The second kappa shape index (κ2) is 10.9. The molecule has 9 nitrogen and oxygen atoms in total. The molecule has 37 heavy (non-hydrogen) atoms. The molecule has 0 spiro atoms. The van der Waals surface area contributed by atoms with Crippen LogP contribution in [-0.2, 0) is 4.74 Å². The van der Waals surface area contributed by atoms with E-state index in [0.717, 1.165) is 0 Å². The van der Waals surface area contributed by atoms with E-state index in [1.807, 2.05) is 6.07 Å². The van der Waals surface area contributed by atoms with Crippen LogP contribution in [0.3, 0.4) is 0 Å². The molecule has 1 aliphatic heterocycles. The van der Waals surface area contributed by atoms with Crippen molar-refractivity contribution in [3.05, 3.63) is 35.0 Å². The number of alkyl halides is 3. The molecule has 2 aromatic rings. The van der Waals surface area contributed by atoms with Crippen molar-refractivity contribution in [2.24, 2.45) is 0 Å². The molecule has 1 aliphatic rings. The number of nitrogens with one attached hydrogen (secondary N) is 1. The zero-order valence-corrected chi connectivity index (χ0v) is 21.2. The van der Waals surface area contributed by atoms with E-state index in [1.165, 1.54) is 23.8 Å². The molecule has 2 heterocycles. The van der Waals surface area contributed by atoms with Gasteiger partial charge in [0.25, 0.3) is 0 Å². The number of hydrogen-bond donors (Lipinski definition) is 1. The van der Waals surface area contributed by atoms with E-state index in [1.54, 1.807) is 39.0 Å². The zero-order chi connectivity index (χ0) is 27.4. The van der Waals surface area contributed by atoms with Crippen molar-refractivity contribution >= 4 is 11.9 Å². The summed E-state index contributed by atoms with van der Waals surface area (Å²) in [5, 5.41) is 16.5. The van der Waals surface area contributed by atoms with Gasteiger partial charge in [0.05, 0.1) is 20.3 Å². The van der Waals surface area contributed by atoms with Gasteiger partial charge in [-0.2, -0.15) is 23.5 Å². The molecular weight excluding hydrogens is 491 g/mol. The van der Waals surface area contributed by atoms with Gasteiger partial charge in [-0.1, -0.05) is 5.92 Å². The summed E-state index contributed by atoms with van der Waals surface area (Å²) in [6.07, 6.45) is -4.64. The largest absolute Gasteiger partial charge is 0.497 e. The highest BCUT2D eigenvalue weighted by Crippen LogP contribution is 2.31. The number of hydrogen-bond acceptors (Lipinski definition) is 7. The summed E-state index contributed by atoms with van der Waals surface area (Å²) < 4.78 is 56.3. The van der Waals surface area contributed by atoms with Crippen molar-refractivity contribution in [2.45, 2.75) is 45.0 Å². The molecule has 1 atom stereocenters. The van der Waals surface area contributed by atoms with Crippen LogP contribution in [0.15, 0.2) is 18.2 Å². The Morgan fingerprint density at radius 2 is 1.81 bits per heavy atom. The number of halogens is 3. The number of benzene rings is 1. The first-order valence-electron chi connectivity index (χ1n) is 11.4. The monoisotopic (exact) mass is 519 g/mol. The van der Waals surface area contributed by atoms with Crippen molar-refractivity contribution in [1.82, 2.24) is 14.7 Å². The first kappa shape index (κ1) is 27.5. The average Bonchev–Trinajstić information content (AvgIpc) is 3.44. The summed E-state index contributed by atoms with van der Waals surface area (Å²) >= 11 is 0. The maximum absolute atomic E-state index is 13.0. The molecule has 1 aromatic carbocycles. The first-order chi connectivity index (χ1) is 17.3. The Morgan fingerprint density at radius 1 is 1.16 bits per heavy atom. The second-order valence-electron chi connectivity index (χ2n) is 9.32. The van der Waals surface area contributed by atoms with E-state index < -0.39 is 30.5 Å². The Balaban J connectivity index is 1.98. The van der Waals surface area contributed by atoms with Gasteiger partial charge in [-0.25, -0.2) is 9.48 Å². The number of carbonyl (C=O) groups excluding carboxylic acids is 1. The normalized spacial score (nSPS) is 15.4. The van der Waals surface area contributed by atoms with Crippen LogP contribution in [0.2, 0.25) is 0 Å². The molecule has 1 aromatic heterocycles. The van der Waals surface area contributed by atoms with E-state index in [-0.39, 0.29) is 23.6 Å². The lowest BCUT2D eigenvalue weighted by Gasteiger charge is -2.24. The summed E-state index contributed by atoms with van der Waals surface area (Å²) in [4.78, 5) is 14.0. The Bertz CT molecular complexity index is 1230. The zero-order valence-electron chi connectivity index (χ0n) is 21.2. The smallest absolute Gasteiger partial charge is 0.410 e. The molecule has 0 radical (unpaired) electrons. The molecule has 0 unspecified atom stereocenters. The summed E-state index contributed by atoms with van der Waals surface area (Å²) in [6.45, 7) is 4.34. The van der Waals surface area contributed by atoms with Crippen LogP contribution < -0.4 is 14.8 Å². The fraction of sp³-hybridized carbons (Fsp3) is 0.480. The van der Waals surface area contributed by atoms with Crippen LogP contribution in [0.1, 0.15) is 50.1 Å². The minimum atomic E-state index is -4.52. The fourth-order valence-corrected chi connectivity index (χ4v) is 3.69. The molecular formula is C25H28F3N5O4. The summed E-state index contributed by atoms with van der Waals surface area (Å²) in [5.74, 6) is 6.54. The standard InChI is InChI=1S/C25H28F3N5O4/c1-24(2,3)37-23(34)32-9-8-17(14-32)33-22(30-15-25(26,27)28)20(13-29)21(31-33)7-6-16-10-18(35-4)12-19(11-16)36-5/h10-12,17,30H,8-9,14-15H2,1-5H3/t17-/m0/s1. The third-order valence-corrected chi connectivity index (χ3v) is 5.32. The van der Waals surface area contributed by atoms with Crippen molar-refractivity contribution < 1.29 is 32.2 Å². The van der Waals surface area contributed by atoms with E-state index in [2.05, 4.69) is 22.3 Å². The molecule has 1 saturated heterocycles. The average molecular weight is 520 g/mol. The number of methoxy groups -OCH3 is 2. The minimum absolute atomic E-state index is 0.00433. The van der Waals surface area contributed by atoms with Crippen LogP contribution in [0.25, 0.3) is 0 Å². The van der Waals surface area contributed by atoms with Crippen LogP contribution in [0.4, 0.5) is 23.8 Å². The molecule has 1 amide bonds. The van der Waals surface area contributed by atoms with Gasteiger partial charge in [0.1, 0.15) is 41.1 Å². The van der Waals surface area contributed by atoms with E-state index in [9.17, 15) is 23.2 Å². The molecule has 12 heteroatoms. The number of nitrogens with zero attached hydrogens (tertiary/aromatic N) is 4. The van der Waals surface area contributed by atoms with Gasteiger partial charge in [-0.15, -0.1) is 0 Å². The lowest BCUT2D eigenvalue weighted by Crippen LogP contribution is -2.35. The number of likely N-dealkylation sites (tertiary alicyclic amines) is 1. The van der Waals surface area contributed by atoms with Gasteiger partial charge in [0.2, 0.25) is 0 Å². The number of rotatable bonds is 5. The molecule has 0 aliphatic carbocycles. The number of anilines is 1. The van der Waals surface area contributed by atoms with Gasteiger partial charge in [-0.3, -0.25) is 0 Å². The summed E-state index contributed by atoms with van der Waals surface area (Å²) in [5.41, 5.74) is -0.316. The highest BCUT2D eigenvalue weighted by molar-refractivity contribution is 5.68. The van der Waals surface area contributed by atoms with E-state index in [4.69, 9.17) is 14.2 Å². The number of ether oxygens (including phenoxy) is 3. The van der Waals surface area contributed by atoms with Gasteiger partial charge < -0.3 is 24.4 Å². The molecule has 3 rings (SSSR count). The van der Waals surface area contributed by atoms with Crippen molar-refractivity contribution in [3.8, 4) is 29.4 Å². The SMILES string of the molecule is COc1cc(C#Cc2nn([C@H]3CCN(C(=O)OC(C)(C)C)C3)c(NCC(F)(F)F)c2C#N)cc(OC)c1. The first-order valence-corrected chi connectivity index (χ1v) is 11.4. The Kier molecular flexibility index (Phi) is 8.12. The number of carbonyl (C=O) groups is 1. The highest BCUT2D eigenvalue weighted by Gasteiger charge is 2.35. The van der Waals surface area contributed by atoms with Crippen LogP contribution in [0.5, 0.6) is 11.5 Å². The van der Waals surface area contributed by atoms with Crippen LogP contribution in [-0.4, -0.2) is 66.4 Å². The van der Waals surface area contributed by atoms with Crippen molar-refractivity contribution in [3.63, 3.8) is 0 Å². The maximum Gasteiger partial charge on any atom is 0.410 e. The van der Waals surface area contributed by atoms with Gasteiger partial charge in [-0.05, 0) is 45.2 Å². The van der Waals surface area contributed by atoms with Crippen molar-refractivity contribution in [1.29, 1.82) is 5.26 Å². The predicted molar refractivity (Wildman–Crippen MR) is 128 cm³/mol. The second-order valence-corrected chi connectivity index (χ2v) is 9.32. The topological polar surface area (TPSA) is 102 Å². The number of amides is 1. The molecule has 1 N–H and O–H groups in total. The van der Waals surface area contributed by atoms with Crippen LogP contribution >= 0.6 is 0 Å². The quantitative estimate of drug-likeness (QED) is 0.587. The lowest BCUT2D eigenvalue weighted by molar-refractivity contribution is -0.115. The third kappa shape index (κ3) is 7.23. The molecule has 0 saturated carbocycles. The fourth-order valence-electron chi connectivity index (χ4n) is 3.69. The summed E-state index contributed by atoms with van der Waals surface area (Å²) in [6, 6.07) is 6.40. The summed E-state index contributed by atoms with van der Waals surface area (Å²) in [7, 11) is 2.98. The Hall–Kier alpha value is -4.06. The highest BCUT2D eigenvalue weighted by atomic mass is 19.4. The van der Waals surface area contributed by atoms with E-state index >= 15 is 0 Å². The van der Waals surface area contributed by atoms with Crippen molar-refractivity contribution in [2.75, 3.05) is 39.2 Å². The Morgan fingerprint density at radius 3 is 2.35 bits per heavy atom. The van der Waals surface area contributed by atoms with Gasteiger partial charge in [0, 0.05) is 24.7 Å². The minimum Gasteiger partial charge on any atom is -0.497 e. The third-order valence-electron chi connectivity index (χ3n) is 5.32.